The zero-order valence-corrected chi connectivity index (χ0v) is 31.7. The van der Waals surface area contributed by atoms with Gasteiger partial charge in [0, 0.05) is 53.1 Å². The standard InChI is InChI=1S/C54H34N2S/c1-3-12-35(13-4-1)36-14-11-17-42(30-36)56-49-20-9-7-18-43(49)45-31-37(22-26-50(45)56)38-23-27-51-46(32-38)47-33-39(24-28-52(47)55(51)41-15-5-2-6-16-41)40-25-29-54-48(34-40)44-19-8-10-21-53(44)57-54/h1-34H. The number of thiophene rings is 1. The third-order valence-electron chi connectivity index (χ3n) is 11.7. The van der Waals surface area contributed by atoms with Crippen LogP contribution in [0.1, 0.15) is 0 Å². The first-order valence-corrected chi connectivity index (χ1v) is 20.3. The lowest BCUT2D eigenvalue weighted by molar-refractivity contribution is 1.18. The van der Waals surface area contributed by atoms with Crippen molar-refractivity contribution in [2.24, 2.45) is 0 Å². The summed E-state index contributed by atoms with van der Waals surface area (Å²) < 4.78 is 7.48. The highest BCUT2D eigenvalue weighted by Crippen LogP contribution is 2.41. The molecule has 0 amide bonds. The maximum atomic E-state index is 2.41. The maximum absolute atomic E-state index is 2.41. The fourth-order valence-corrected chi connectivity index (χ4v) is 10.1. The fourth-order valence-electron chi connectivity index (χ4n) is 9.03. The quantitative estimate of drug-likeness (QED) is 0.166. The number of fused-ring (bicyclic) bond motifs is 9. The Kier molecular flexibility index (Phi) is 7.13. The molecule has 0 saturated heterocycles. The van der Waals surface area contributed by atoms with Gasteiger partial charge in [-0.05, 0) is 118 Å². The van der Waals surface area contributed by atoms with Crippen LogP contribution in [-0.2, 0) is 0 Å². The Hall–Kier alpha value is -7.20. The van der Waals surface area contributed by atoms with Crippen molar-refractivity contribution in [3.05, 3.63) is 206 Å². The number of hydrogen-bond acceptors (Lipinski definition) is 1. The Bertz CT molecular complexity index is 3510. The number of rotatable bonds is 5. The van der Waals surface area contributed by atoms with Gasteiger partial charge in [-0.1, -0.05) is 121 Å². The topological polar surface area (TPSA) is 9.86 Å². The lowest BCUT2D eigenvalue weighted by atomic mass is 9.98. The van der Waals surface area contributed by atoms with Crippen molar-refractivity contribution < 1.29 is 0 Å². The highest BCUT2D eigenvalue weighted by Gasteiger charge is 2.17. The Morgan fingerprint density at radius 3 is 1.37 bits per heavy atom. The molecule has 12 rings (SSSR count). The molecule has 2 nitrogen and oxygen atoms in total. The van der Waals surface area contributed by atoms with Gasteiger partial charge in [0.05, 0.1) is 22.1 Å². The summed E-state index contributed by atoms with van der Waals surface area (Å²) in [7, 11) is 0. The Morgan fingerprint density at radius 1 is 0.246 bits per heavy atom. The summed E-state index contributed by atoms with van der Waals surface area (Å²) in [6, 6.07) is 75.7. The van der Waals surface area contributed by atoms with Gasteiger partial charge in [-0.3, -0.25) is 0 Å². The Morgan fingerprint density at radius 2 is 0.684 bits per heavy atom. The predicted octanol–water partition coefficient (Wildman–Crippen LogP) is 15.2. The lowest BCUT2D eigenvalue weighted by Gasteiger charge is -2.11. The first-order chi connectivity index (χ1) is 28.2. The predicted molar refractivity (Wildman–Crippen MR) is 244 cm³/mol. The van der Waals surface area contributed by atoms with Gasteiger partial charge in [0.15, 0.2) is 0 Å². The van der Waals surface area contributed by atoms with Crippen molar-refractivity contribution in [2.45, 2.75) is 0 Å². The number of nitrogens with zero attached hydrogens (tertiary/aromatic N) is 2. The van der Waals surface area contributed by atoms with Crippen LogP contribution in [0.25, 0.3) is 109 Å². The van der Waals surface area contributed by atoms with Gasteiger partial charge in [0.25, 0.3) is 0 Å². The molecule has 0 atom stereocenters. The van der Waals surface area contributed by atoms with Gasteiger partial charge in [-0.15, -0.1) is 11.3 Å². The number of benzene rings is 9. The molecule has 0 unspecified atom stereocenters. The zero-order chi connectivity index (χ0) is 37.5. The second-order valence-electron chi connectivity index (χ2n) is 14.9. The molecule has 0 aliphatic rings. The van der Waals surface area contributed by atoms with Gasteiger partial charge >= 0.3 is 0 Å². The van der Waals surface area contributed by atoms with Crippen LogP contribution in [0.3, 0.4) is 0 Å². The molecule has 0 aliphatic heterocycles. The molecule has 0 bridgehead atoms. The molecule has 57 heavy (non-hydrogen) atoms. The van der Waals surface area contributed by atoms with E-state index in [0.29, 0.717) is 0 Å². The maximum Gasteiger partial charge on any atom is 0.0541 e. The minimum atomic E-state index is 1.16. The summed E-state index contributed by atoms with van der Waals surface area (Å²) in [4.78, 5) is 0. The largest absolute Gasteiger partial charge is 0.309 e. The molecule has 3 aromatic heterocycles. The van der Waals surface area contributed by atoms with E-state index in [0.717, 1.165) is 11.4 Å². The van der Waals surface area contributed by atoms with Crippen LogP contribution in [0.5, 0.6) is 0 Å². The van der Waals surface area contributed by atoms with Crippen LogP contribution in [0.15, 0.2) is 206 Å². The summed E-state index contributed by atoms with van der Waals surface area (Å²) >= 11 is 1.87. The van der Waals surface area contributed by atoms with Gasteiger partial charge in [0.2, 0.25) is 0 Å². The molecule has 0 aliphatic carbocycles. The normalized spacial score (nSPS) is 11.9. The Balaban J connectivity index is 1.03. The van der Waals surface area contributed by atoms with Crippen molar-refractivity contribution in [3.8, 4) is 44.8 Å². The highest BCUT2D eigenvalue weighted by atomic mass is 32.1. The van der Waals surface area contributed by atoms with Crippen LogP contribution in [0.4, 0.5) is 0 Å². The molecule has 3 heteroatoms. The summed E-state index contributed by atoms with van der Waals surface area (Å²) in [6.07, 6.45) is 0. The minimum absolute atomic E-state index is 1.16. The number of para-hydroxylation sites is 2. The minimum Gasteiger partial charge on any atom is -0.309 e. The first kappa shape index (κ1) is 32.1. The van der Waals surface area contributed by atoms with Crippen molar-refractivity contribution >= 4 is 75.1 Å². The molecule has 9 aromatic carbocycles. The highest BCUT2D eigenvalue weighted by molar-refractivity contribution is 7.25. The summed E-state index contributed by atoms with van der Waals surface area (Å²) in [5.74, 6) is 0. The van der Waals surface area contributed by atoms with Crippen LogP contribution in [-0.4, -0.2) is 9.13 Å². The van der Waals surface area contributed by atoms with Crippen LogP contribution in [0.2, 0.25) is 0 Å². The third kappa shape index (κ3) is 5.10. The van der Waals surface area contributed by atoms with E-state index in [-0.39, 0.29) is 0 Å². The van der Waals surface area contributed by atoms with Crippen LogP contribution >= 0.6 is 11.3 Å². The SMILES string of the molecule is c1ccc(-c2cccc(-n3c4ccccc4c4cc(-c5ccc6c(c5)c5cc(-c7ccc8sc9ccccc9c8c7)ccc5n6-c5ccccc5)ccc43)c2)cc1. The summed E-state index contributed by atoms with van der Waals surface area (Å²) in [5, 5.41) is 7.64. The van der Waals surface area contributed by atoms with Crippen LogP contribution < -0.4 is 0 Å². The average molecular weight is 743 g/mol. The third-order valence-corrected chi connectivity index (χ3v) is 12.9. The van der Waals surface area contributed by atoms with Gasteiger partial charge in [-0.25, -0.2) is 0 Å². The average Bonchev–Trinajstić information content (AvgIpc) is 3.93. The van der Waals surface area contributed by atoms with E-state index in [4.69, 9.17) is 0 Å². The smallest absolute Gasteiger partial charge is 0.0541 e. The molecule has 0 fully saturated rings. The van der Waals surface area contributed by atoms with Crippen LogP contribution in [0, 0.1) is 0 Å². The lowest BCUT2D eigenvalue weighted by Crippen LogP contribution is -1.94. The van der Waals surface area contributed by atoms with E-state index >= 15 is 0 Å². The van der Waals surface area contributed by atoms with Gasteiger partial charge in [-0.2, -0.15) is 0 Å². The van der Waals surface area contributed by atoms with E-state index in [2.05, 4.69) is 215 Å². The van der Waals surface area contributed by atoms with E-state index in [1.807, 2.05) is 11.3 Å². The van der Waals surface area contributed by atoms with Gasteiger partial charge < -0.3 is 9.13 Å². The van der Waals surface area contributed by atoms with Crippen molar-refractivity contribution in [1.29, 1.82) is 0 Å². The van der Waals surface area contributed by atoms with Crippen molar-refractivity contribution in [1.82, 2.24) is 9.13 Å². The molecule has 0 radical (unpaired) electrons. The fraction of sp³-hybridized carbons (Fsp3) is 0. The van der Waals surface area contributed by atoms with E-state index in [9.17, 15) is 0 Å². The second kappa shape index (κ2) is 12.7. The monoisotopic (exact) mass is 742 g/mol. The van der Waals surface area contributed by atoms with E-state index in [1.54, 1.807) is 0 Å². The molecule has 0 N–H and O–H groups in total. The van der Waals surface area contributed by atoms with Gasteiger partial charge in [0.1, 0.15) is 0 Å². The molecule has 266 valence electrons. The molecule has 12 aromatic rings. The second-order valence-corrected chi connectivity index (χ2v) is 16.0. The summed E-state index contributed by atoms with van der Waals surface area (Å²) in [6.45, 7) is 0. The molecular formula is C54H34N2S. The Labute approximate surface area is 333 Å². The van der Waals surface area contributed by atoms with Crippen molar-refractivity contribution in [3.63, 3.8) is 0 Å². The zero-order valence-electron chi connectivity index (χ0n) is 30.9. The van der Waals surface area contributed by atoms with Crippen molar-refractivity contribution in [2.75, 3.05) is 0 Å². The molecular weight excluding hydrogens is 709 g/mol. The molecule has 0 saturated carbocycles. The van der Waals surface area contributed by atoms with E-state index < -0.39 is 0 Å². The number of hydrogen-bond donors (Lipinski definition) is 0. The molecule has 3 heterocycles. The summed E-state index contributed by atoms with van der Waals surface area (Å²) in [5.41, 5.74) is 14.4. The number of aromatic nitrogens is 2. The van der Waals surface area contributed by atoms with E-state index in [1.165, 1.54) is 97.2 Å². The molecule has 0 spiro atoms. The first-order valence-electron chi connectivity index (χ1n) is 19.5.